The minimum Gasteiger partial charge on any atom is -0.494 e. The van der Waals surface area contributed by atoms with E-state index >= 15 is 0 Å². The quantitative estimate of drug-likeness (QED) is 0.175. The molecule has 3 aliphatic heterocycles. The van der Waals surface area contributed by atoms with Gasteiger partial charge in [0.1, 0.15) is 23.2 Å². The number of aryl methyl sites for hydroxylation is 1. The number of alkyl halides is 3. The molecule has 4 aliphatic rings. The number of piperidine rings is 1. The van der Waals surface area contributed by atoms with Crippen LogP contribution in [0.1, 0.15) is 85.2 Å². The van der Waals surface area contributed by atoms with Crippen molar-refractivity contribution in [3.63, 3.8) is 0 Å². The molecule has 9 rings (SSSR count). The van der Waals surface area contributed by atoms with Gasteiger partial charge >= 0.3 is 11.9 Å². The second kappa shape index (κ2) is 15.8. The predicted molar refractivity (Wildman–Crippen MR) is 217 cm³/mol. The summed E-state index contributed by atoms with van der Waals surface area (Å²) in [6.07, 6.45) is 5.16. The van der Waals surface area contributed by atoms with E-state index < -0.39 is 29.7 Å². The molecule has 14 nitrogen and oxygen atoms in total. The van der Waals surface area contributed by atoms with Gasteiger partial charge in [-0.2, -0.15) is 18.3 Å². The number of halogens is 3. The number of anilines is 1. The third-order valence-corrected chi connectivity index (χ3v) is 13.1. The topological polar surface area (TPSA) is 149 Å². The lowest BCUT2D eigenvalue weighted by atomic mass is 9.85. The minimum absolute atomic E-state index is 0.208. The lowest BCUT2D eigenvalue weighted by Gasteiger charge is -2.43. The van der Waals surface area contributed by atoms with Gasteiger partial charge < -0.3 is 10.1 Å². The van der Waals surface area contributed by atoms with Gasteiger partial charge in [0, 0.05) is 69.4 Å². The molecule has 5 aromatic rings. The van der Waals surface area contributed by atoms with Crippen LogP contribution < -0.4 is 21.1 Å². The summed E-state index contributed by atoms with van der Waals surface area (Å²) in [5.41, 5.74) is 1.92. The number of carbonyl (C=O) groups is 3. The van der Waals surface area contributed by atoms with Crippen molar-refractivity contribution in [2.45, 2.75) is 88.1 Å². The molecule has 17 heteroatoms. The zero-order valence-corrected chi connectivity index (χ0v) is 33.6. The Bertz CT molecular complexity index is 2520. The molecule has 4 fully saturated rings. The molecule has 2 bridgehead atoms. The Morgan fingerprint density at radius 3 is 2.40 bits per heavy atom. The number of ether oxygens (including phenoxy) is 1. The fourth-order valence-corrected chi connectivity index (χ4v) is 10.1. The van der Waals surface area contributed by atoms with E-state index in [1.807, 2.05) is 23.0 Å². The highest BCUT2D eigenvalue weighted by Crippen LogP contribution is 2.38. The van der Waals surface area contributed by atoms with Crippen LogP contribution in [0.3, 0.4) is 0 Å². The lowest BCUT2D eigenvalue weighted by Crippen LogP contribution is -2.55. The third-order valence-electron chi connectivity index (χ3n) is 13.1. The number of amides is 3. The van der Waals surface area contributed by atoms with Crippen LogP contribution in [-0.4, -0.2) is 96.8 Å². The maximum atomic E-state index is 13.4. The number of imidazole rings is 1. The summed E-state index contributed by atoms with van der Waals surface area (Å²) in [4.78, 5) is 59.7. The lowest BCUT2D eigenvalue weighted by molar-refractivity contribution is -0.141. The molecule has 3 atom stereocenters. The second-order valence-corrected chi connectivity index (χ2v) is 16.8. The fourth-order valence-electron chi connectivity index (χ4n) is 10.1. The number of nitrogens with zero attached hydrogens (tertiary/aromatic N) is 7. The van der Waals surface area contributed by atoms with Gasteiger partial charge in [-0.05, 0) is 87.1 Å². The Morgan fingerprint density at radius 1 is 0.950 bits per heavy atom. The van der Waals surface area contributed by atoms with Crippen LogP contribution >= 0.6 is 0 Å². The zero-order valence-electron chi connectivity index (χ0n) is 33.6. The van der Waals surface area contributed by atoms with Gasteiger partial charge in [-0.1, -0.05) is 18.2 Å². The van der Waals surface area contributed by atoms with Gasteiger partial charge in [-0.25, -0.2) is 9.78 Å². The van der Waals surface area contributed by atoms with Crippen LogP contribution in [0.4, 0.5) is 18.9 Å². The van der Waals surface area contributed by atoms with Crippen LogP contribution in [0.15, 0.2) is 59.5 Å². The van der Waals surface area contributed by atoms with Gasteiger partial charge in [-0.3, -0.25) is 43.3 Å². The summed E-state index contributed by atoms with van der Waals surface area (Å²) in [5.74, 6) is -0.567. The highest BCUT2D eigenvalue weighted by atomic mass is 19.4. The molecule has 1 unspecified atom stereocenters. The summed E-state index contributed by atoms with van der Waals surface area (Å²) in [6, 6.07) is 13.1. The Balaban J connectivity index is 0.798. The molecule has 60 heavy (non-hydrogen) atoms. The average Bonchev–Trinajstić information content (AvgIpc) is 3.83. The van der Waals surface area contributed by atoms with Gasteiger partial charge in [0.05, 0.1) is 35.4 Å². The number of benzene rings is 2. The summed E-state index contributed by atoms with van der Waals surface area (Å²) in [7, 11) is 3.22. The van der Waals surface area contributed by atoms with Crippen LogP contribution in [0, 0.1) is 5.92 Å². The van der Waals surface area contributed by atoms with Crippen LogP contribution in [-0.2, 0) is 29.2 Å². The first-order valence-electron chi connectivity index (χ1n) is 20.8. The maximum Gasteiger partial charge on any atom is 0.433 e. The van der Waals surface area contributed by atoms with E-state index in [-0.39, 0.29) is 29.8 Å². The van der Waals surface area contributed by atoms with Crippen molar-refractivity contribution in [3.05, 3.63) is 82.2 Å². The molecular weight excluding hydrogens is 780 g/mol. The van der Waals surface area contributed by atoms with Gasteiger partial charge in [-0.15, -0.1) is 0 Å². The zero-order chi connectivity index (χ0) is 41.9. The van der Waals surface area contributed by atoms with E-state index in [1.54, 1.807) is 28.3 Å². The van der Waals surface area contributed by atoms with Gasteiger partial charge in [0.15, 0.2) is 0 Å². The highest BCUT2D eigenvalue weighted by molar-refractivity contribution is 6.05. The van der Waals surface area contributed by atoms with Crippen LogP contribution in [0.5, 0.6) is 5.75 Å². The molecule has 1 aliphatic carbocycles. The van der Waals surface area contributed by atoms with Crippen molar-refractivity contribution < 1.29 is 32.3 Å². The largest absolute Gasteiger partial charge is 0.494 e. The molecule has 2 N–H and O–H groups in total. The van der Waals surface area contributed by atoms with Crippen molar-refractivity contribution in [2.75, 3.05) is 38.6 Å². The first-order valence-corrected chi connectivity index (χ1v) is 20.8. The molecule has 3 amide bonds. The van der Waals surface area contributed by atoms with Gasteiger partial charge in [0.25, 0.3) is 5.91 Å². The van der Waals surface area contributed by atoms with Crippen molar-refractivity contribution >= 4 is 45.3 Å². The van der Waals surface area contributed by atoms with E-state index in [0.717, 1.165) is 92.4 Å². The van der Waals surface area contributed by atoms with Crippen molar-refractivity contribution in [2.24, 2.45) is 13.0 Å². The number of imide groups is 1. The second-order valence-electron chi connectivity index (χ2n) is 16.8. The normalized spacial score (nSPS) is 24.0. The SMILES string of the molecule is COc1cc2nn([C@H]3CC[C@H](CN4[C@@H]5CC[C@H]4CN(CCc4cccc6c4n(C)c(=O)n6C4CCC(=O)NC4=O)C5)CC3)cc2cc1NC(=O)c1cccc(C(F)(F)F)n1. The van der Waals surface area contributed by atoms with Crippen molar-refractivity contribution in [1.29, 1.82) is 0 Å². The standard InChI is InChI=1S/C43H48F3N9O5/c1-51-39-26(5-3-7-34(39)55(42(51)59)35-15-16-38(56)49-41(35)58)17-18-52-23-29-13-14-30(24-52)53(29)21-25-9-11-28(12-10-25)54-22-27-19-33(36(60-2)20-32(27)50-54)48-40(57)31-6-4-8-37(47-31)43(44,45)46/h3-8,19-20,22,25,28-30,35H,9-18,21,23-24H2,1-2H3,(H,48,57)(H,49,56,58)/t25-,28-,29-,30+,35?. The summed E-state index contributed by atoms with van der Waals surface area (Å²) in [6.45, 7) is 4.00. The number of fused-ring (bicyclic) bond motifs is 4. The smallest absolute Gasteiger partial charge is 0.433 e. The number of aromatic nitrogens is 5. The van der Waals surface area contributed by atoms with Crippen LogP contribution in [0.25, 0.3) is 21.9 Å². The Kier molecular flexibility index (Phi) is 10.5. The number of para-hydroxylation sites is 1. The molecule has 6 heterocycles. The molecule has 3 saturated heterocycles. The maximum absolute atomic E-state index is 13.4. The van der Waals surface area contributed by atoms with E-state index in [1.165, 1.54) is 26.0 Å². The summed E-state index contributed by atoms with van der Waals surface area (Å²) >= 11 is 0. The first-order chi connectivity index (χ1) is 28.8. The first kappa shape index (κ1) is 39.9. The van der Waals surface area contributed by atoms with E-state index in [4.69, 9.17) is 9.84 Å². The number of piperazine rings is 1. The fraction of sp³-hybridized carbons (Fsp3) is 0.488. The minimum atomic E-state index is -4.67. The molecule has 0 spiro atoms. The Morgan fingerprint density at radius 2 is 1.68 bits per heavy atom. The number of methoxy groups -OCH3 is 1. The number of hydrogen-bond acceptors (Lipinski definition) is 9. The Labute approximate surface area is 343 Å². The van der Waals surface area contributed by atoms with E-state index in [9.17, 15) is 32.3 Å². The van der Waals surface area contributed by atoms with Crippen molar-refractivity contribution in [1.82, 2.24) is 39.0 Å². The van der Waals surface area contributed by atoms with Crippen molar-refractivity contribution in [3.8, 4) is 5.75 Å². The molecule has 1 saturated carbocycles. The number of likely N-dealkylation sites (tertiary alicyclic amines) is 1. The average molecular weight is 828 g/mol. The third kappa shape index (κ3) is 7.57. The number of hydrogen-bond donors (Lipinski definition) is 2. The van der Waals surface area contributed by atoms with Crippen LogP contribution in [0.2, 0.25) is 0 Å². The van der Waals surface area contributed by atoms with E-state index in [2.05, 4.69) is 31.5 Å². The van der Waals surface area contributed by atoms with E-state index in [0.29, 0.717) is 41.4 Å². The number of rotatable bonds is 10. The summed E-state index contributed by atoms with van der Waals surface area (Å²) < 4.78 is 50.3. The monoisotopic (exact) mass is 827 g/mol. The molecular formula is C43H48F3N9O5. The number of carbonyl (C=O) groups excluding carboxylic acids is 3. The predicted octanol–water partition coefficient (Wildman–Crippen LogP) is 5.46. The number of pyridine rings is 1. The number of nitrogens with one attached hydrogen (secondary N) is 2. The van der Waals surface area contributed by atoms with Gasteiger partial charge in [0.2, 0.25) is 11.8 Å². The molecule has 3 aromatic heterocycles. The molecule has 2 aromatic carbocycles. The molecule has 316 valence electrons. The Hall–Kier alpha value is -5.55. The summed E-state index contributed by atoms with van der Waals surface area (Å²) in [5, 5.41) is 10.7. The molecule has 0 radical (unpaired) electrons. The highest BCUT2D eigenvalue weighted by Gasteiger charge is 2.41.